The van der Waals surface area contributed by atoms with Gasteiger partial charge in [-0.3, -0.25) is 10.1 Å². The van der Waals surface area contributed by atoms with E-state index < -0.39 is 6.09 Å². The van der Waals surface area contributed by atoms with Crippen molar-refractivity contribution in [3.63, 3.8) is 0 Å². The molecule has 7 heteroatoms. The molecule has 2 aliphatic rings. The van der Waals surface area contributed by atoms with Gasteiger partial charge in [-0.1, -0.05) is 31.4 Å². The fourth-order valence-corrected chi connectivity index (χ4v) is 5.18. The fraction of sp³-hybridized carbons (Fsp3) is 0.481. The molecule has 0 aromatic heterocycles. The zero-order valence-corrected chi connectivity index (χ0v) is 19.8. The molecule has 1 saturated carbocycles. The Bertz CT molecular complexity index is 957. The number of nitrogens with one attached hydrogen (secondary N) is 3. The van der Waals surface area contributed by atoms with Gasteiger partial charge in [0.15, 0.2) is 0 Å². The standard InChI is InChI=1S/C27H36N4O3/c32-26(29-24-10-4-5-11-25(24)30-27(33)34)21-12-14-23(15-13-21)28-22-9-6-17-31(18-16-22)19-20-7-2-1-3-8-20/h4-5,10-15,20,22,28,30H,1-3,6-9,16-19H2,(H,29,32)(H,33,34). The summed E-state index contributed by atoms with van der Waals surface area (Å²) >= 11 is 0. The average molecular weight is 465 g/mol. The van der Waals surface area contributed by atoms with Crippen molar-refractivity contribution in [2.24, 2.45) is 5.92 Å². The molecule has 2 fully saturated rings. The van der Waals surface area contributed by atoms with Gasteiger partial charge >= 0.3 is 6.09 Å². The second kappa shape index (κ2) is 11.9. The van der Waals surface area contributed by atoms with E-state index in [1.54, 1.807) is 36.4 Å². The van der Waals surface area contributed by atoms with Crippen molar-refractivity contribution in [3.05, 3.63) is 54.1 Å². The van der Waals surface area contributed by atoms with Gasteiger partial charge < -0.3 is 20.6 Å². The van der Waals surface area contributed by atoms with E-state index in [0.717, 1.165) is 31.0 Å². The van der Waals surface area contributed by atoms with Crippen LogP contribution in [0.4, 0.5) is 21.9 Å². The molecule has 182 valence electrons. The summed E-state index contributed by atoms with van der Waals surface area (Å²) in [7, 11) is 0. The lowest BCUT2D eigenvalue weighted by atomic mass is 9.89. The minimum Gasteiger partial charge on any atom is -0.465 e. The predicted molar refractivity (Wildman–Crippen MR) is 137 cm³/mol. The molecule has 1 aliphatic heterocycles. The lowest BCUT2D eigenvalue weighted by molar-refractivity contribution is 0.102. The fourth-order valence-electron chi connectivity index (χ4n) is 5.18. The van der Waals surface area contributed by atoms with Crippen LogP contribution in [0.5, 0.6) is 0 Å². The van der Waals surface area contributed by atoms with Crippen LogP contribution in [0.1, 0.15) is 61.7 Å². The number of amides is 2. The molecule has 1 atom stereocenters. The molecule has 1 heterocycles. The number of carbonyl (C=O) groups excluding carboxylic acids is 1. The molecule has 0 radical (unpaired) electrons. The first-order valence-corrected chi connectivity index (χ1v) is 12.6. The van der Waals surface area contributed by atoms with Crippen LogP contribution in [-0.4, -0.2) is 47.7 Å². The van der Waals surface area contributed by atoms with Crippen LogP contribution in [0.15, 0.2) is 48.5 Å². The van der Waals surface area contributed by atoms with E-state index in [1.165, 1.54) is 51.6 Å². The van der Waals surface area contributed by atoms with E-state index in [2.05, 4.69) is 20.9 Å². The second-order valence-electron chi connectivity index (χ2n) is 9.58. The Morgan fingerprint density at radius 1 is 0.824 bits per heavy atom. The normalized spacial score (nSPS) is 19.7. The summed E-state index contributed by atoms with van der Waals surface area (Å²) in [6.07, 6.45) is 9.38. The zero-order chi connectivity index (χ0) is 23.8. The van der Waals surface area contributed by atoms with Gasteiger partial charge in [0.2, 0.25) is 0 Å². The van der Waals surface area contributed by atoms with Crippen molar-refractivity contribution in [2.75, 3.05) is 35.6 Å². The Labute approximate surface area is 201 Å². The number of carboxylic acid groups (broad SMARTS) is 1. The van der Waals surface area contributed by atoms with Crippen molar-refractivity contribution in [2.45, 2.75) is 57.4 Å². The first-order valence-electron chi connectivity index (χ1n) is 12.6. The van der Waals surface area contributed by atoms with Gasteiger partial charge in [0.05, 0.1) is 11.4 Å². The van der Waals surface area contributed by atoms with Crippen molar-refractivity contribution in [3.8, 4) is 0 Å². The molecule has 2 aromatic carbocycles. The minimum absolute atomic E-state index is 0.279. The molecule has 4 N–H and O–H groups in total. The van der Waals surface area contributed by atoms with E-state index in [1.807, 2.05) is 12.1 Å². The Morgan fingerprint density at radius 2 is 1.53 bits per heavy atom. The number of carbonyl (C=O) groups is 2. The summed E-state index contributed by atoms with van der Waals surface area (Å²) < 4.78 is 0. The van der Waals surface area contributed by atoms with E-state index in [9.17, 15) is 9.59 Å². The lowest BCUT2D eigenvalue weighted by Gasteiger charge is -2.28. The Kier molecular flexibility index (Phi) is 8.41. The highest BCUT2D eigenvalue weighted by atomic mass is 16.4. The maximum atomic E-state index is 12.7. The SMILES string of the molecule is O=C(O)Nc1ccccc1NC(=O)c1ccc(NC2CCCN(CC3CCCCC3)CC2)cc1. The molecule has 2 amide bonds. The van der Waals surface area contributed by atoms with Crippen LogP contribution in [0, 0.1) is 5.92 Å². The van der Waals surface area contributed by atoms with Gasteiger partial charge in [-0.2, -0.15) is 0 Å². The number of likely N-dealkylation sites (tertiary alicyclic amines) is 1. The van der Waals surface area contributed by atoms with Gasteiger partial charge in [0.25, 0.3) is 5.91 Å². The van der Waals surface area contributed by atoms with E-state index in [4.69, 9.17) is 5.11 Å². The largest absolute Gasteiger partial charge is 0.465 e. The summed E-state index contributed by atoms with van der Waals surface area (Å²) in [5.41, 5.74) is 2.31. The first kappa shape index (κ1) is 24.1. The molecule has 2 aromatic rings. The molecule has 1 saturated heterocycles. The maximum absolute atomic E-state index is 12.7. The highest BCUT2D eigenvalue weighted by Crippen LogP contribution is 2.26. The highest BCUT2D eigenvalue weighted by Gasteiger charge is 2.21. The van der Waals surface area contributed by atoms with E-state index in [-0.39, 0.29) is 5.91 Å². The molecule has 7 nitrogen and oxygen atoms in total. The van der Waals surface area contributed by atoms with Crippen LogP contribution in [0.25, 0.3) is 0 Å². The number of benzene rings is 2. The zero-order valence-electron chi connectivity index (χ0n) is 19.8. The molecule has 0 spiro atoms. The Balaban J connectivity index is 1.28. The molecule has 1 aliphatic carbocycles. The third-order valence-corrected chi connectivity index (χ3v) is 7.00. The van der Waals surface area contributed by atoms with Gasteiger partial charge in [0.1, 0.15) is 0 Å². The number of rotatable bonds is 7. The Hall–Kier alpha value is -3.06. The molecule has 0 bridgehead atoms. The molecule has 1 unspecified atom stereocenters. The van der Waals surface area contributed by atoms with E-state index in [0.29, 0.717) is 23.0 Å². The van der Waals surface area contributed by atoms with Crippen molar-refractivity contribution in [1.29, 1.82) is 0 Å². The van der Waals surface area contributed by atoms with Crippen LogP contribution in [0.2, 0.25) is 0 Å². The van der Waals surface area contributed by atoms with Gasteiger partial charge in [-0.15, -0.1) is 0 Å². The third kappa shape index (κ3) is 6.97. The Morgan fingerprint density at radius 3 is 2.24 bits per heavy atom. The summed E-state index contributed by atoms with van der Waals surface area (Å²) in [6, 6.07) is 14.7. The van der Waals surface area contributed by atoms with Crippen LogP contribution < -0.4 is 16.0 Å². The van der Waals surface area contributed by atoms with Gasteiger partial charge in [0, 0.05) is 30.4 Å². The smallest absolute Gasteiger partial charge is 0.409 e. The van der Waals surface area contributed by atoms with E-state index >= 15 is 0 Å². The number of para-hydroxylation sites is 2. The summed E-state index contributed by atoms with van der Waals surface area (Å²) in [5.74, 6) is 0.614. The van der Waals surface area contributed by atoms with Crippen LogP contribution in [0.3, 0.4) is 0 Å². The molecular weight excluding hydrogens is 428 g/mol. The number of hydrogen-bond donors (Lipinski definition) is 4. The van der Waals surface area contributed by atoms with Gasteiger partial charge in [-0.25, -0.2) is 4.79 Å². The van der Waals surface area contributed by atoms with Crippen molar-refractivity contribution >= 4 is 29.1 Å². The number of hydrogen-bond acceptors (Lipinski definition) is 4. The van der Waals surface area contributed by atoms with Crippen LogP contribution >= 0.6 is 0 Å². The monoisotopic (exact) mass is 464 g/mol. The lowest BCUT2D eigenvalue weighted by Crippen LogP contribution is -2.32. The first-order chi connectivity index (χ1) is 16.6. The maximum Gasteiger partial charge on any atom is 0.409 e. The highest BCUT2D eigenvalue weighted by molar-refractivity contribution is 6.06. The van der Waals surface area contributed by atoms with Crippen molar-refractivity contribution < 1.29 is 14.7 Å². The second-order valence-corrected chi connectivity index (χ2v) is 9.58. The molecule has 4 rings (SSSR count). The van der Waals surface area contributed by atoms with Crippen molar-refractivity contribution in [1.82, 2.24) is 4.90 Å². The molecule has 34 heavy (non-hydrogen) atoms. The minimum atomic E-state index is -1.17. The topological polar surface area (TPSA) is 93.7 Å². The average Bonchev–Trinajstić information content (AvgIpc) is 3.06. The summed E-state index contributed by atoms with van der Waals surface area (Å²) in [5, 5.41) is 17.7. The number of nitrogens with zero attached hydrogens (tertiary/aromatic N) is 1. The van der Waals surface area contributed by atoms with Gasteiger partial charge in [-0.05, 0) is 81.0 Å². The third-order valence-electron chi connectivity index (χ3n) is 7.00. The predicted octanol–water partition coefficient (Wildman–Crippen LogP) is 5.88. The number of anilines is 3. The molecular formula is C27H36N4O3. The summed E-state index contributed by atoms with van der Waals surface area (Å²) in [6.45, 7) is 3.62. The summed E-state index contributed by atoms with van der Waals surface area (Å²) in [4.78, 5) is 26.3. The van der Waals surface area contributed by atoms with Crippen LogP contribution in [-0.2, 0) is 0 Å². The quantitative estimate of drug-likeness (QED) is 0.411.